The number of halogens is 2. The van der Waals surface area contributed by atoms with Crippen LogP contribution in [0.2, 0.25) is 5.02 Å². The molecule has 4 atom stereocenters. The minimum Gasteiger partial charge on any atom is -0.374 e. The fraction of sp³-hybridized carbons (Fsp3) is 0.500. The van der Waals surface area contributed by atoms with Gasteiger partial charge in [-0.15, -0.1) is 0 Å². The second kappa shape index (κ2) is 5.97. The van der Waals surface area contributed by atoms with Gasteiger partial charge in [-0.1, -0.05) is 18.5 Å². The number of carbonyl (C=O) groups is 1. The maximum Gasteiger partial charge on any atom is 0.230 e. The van der Waals surface area contributed by atoms with E-state index < -0.39 is 0 Å². The molecule has 0 bridgehead atoms. The van der Waals surface area contributed by atoms with Crippen molar-refractivity contribution in [3.8, 4) is 0 Å². The van der Waals surface area contributed by atoms with Crippen LogP contribution in [0.25, 0.3) is 0 Å². The Labute approximate surface area is 132 Å². The molecule has 2 rings (SSSR count). The van der Waals surface area contributed by atoms with E-state index in [0.717, 1.165) is 9.26 Å². The first-order valence-corrected chi connectivity index (χ1v) is 7.77. The molecule has 1 amide bonds. The van der Waals surface area contributed by atoms with Crippen LogP contribution in [0.1, 0.15) is 20.8 Å². The number of hydrogen-bond donors (Lipinski definition) is 1. The summed E-state index contributed by atoms with van der Waals surface area (Å²) in [5.74, 6) is 0.131. The van der Waals surface area contributed by atoms with Gasteiger partial charge in [0, 0.05) is 8.59 Å². The molecule has 0 spiro atoms. The van der Waals surface area contributed by atoms with Gasteiger partial charge >= 0.3 is 0 Å². The van der Waals surface area contributed by atoms with Crippen molar-refractivity contribution in [2.45, 2.75) is 33.0 Å². The van der Waals surface area contributed by atoms with E-state index >= 15 is 0 Å². The SMILES string of the molecule is CC1OC(C)C(C(=O)Nc2ccc(Cl)cc2I)C1C. The highest BCUT2D eigenvalue weighted by molar-refractivity contribution is 14.1. The Balaban J connectivity index is 2.13. The number of nitrogens with one attached hydrogen (secondary N) is 1. The fourth-order valence-electron chi connectivity index (χ4n) is 2.53. The number of hydrogen-bond acceptors (Lipinski definition) is 2. The summed E-state index contributed by atoms with van der Waals surface area (Å²) >= 11 is 8.08. The van der Waals surface area contributed by atoms with Crippen molar-refractivity contribution < 1.29 is 9.53 Å². The van der Waals surface area contributed by atoms with Crippen LogP contribution < -0.4 is 5.32 Å². The minimum atomic E-state index is -0.110. The molecule has 0 saturated carbocycles. The first-order valence-electron chi connectivity index (χ1n) is 6.31. The van der Waals surface area contributed by atoms with E-state index in [0.29, 0.717) is 5.02 Å². The molecule has 0 aromatic heterocycles. The minimum absolute atomic E-state index is 0.0181. The highest BCUT2D eigenvalue weighted by atomic mass is 127. The third-order valence-electron chi connectivity index (χ3n) is 3.73. The van der Waals surface area contributed by atoms with Crippen molar-refractivity contribution in [3.63, 3.8) is 0 Å². The van der Waals surface area contributed by atoms with E-state index in [1.807, 2.05) is 26.0 Å². The summed E-state index contributed by atoms with van der Waals surface area (Å²) in [5.41, 5.74) is 0.800. The second-order valence-corrected chi connectivity index (χ2v) is 6.64. The van der Waals surface area contributed by atoms with Crippen LogP contribution in [0.5, 0.6) is 0 Å². The molecule has 1 heterocycles. The van der Waals surface area contributed by atoms with Gasteiger partial charge in [-0.05, 0) is 60.6 Å². The molecule has 1 saturated heterocycles. The predicted octanol–water partition coefficient (Wildman–Crippen LogP) is 3.94. The molecule has 1 aromatic carbocycles. The Morgan fingerprint density at radius 3 is 2.53 bits per heavy atom. The van der Waals surface area contributed by atoms with Crippen LogP contribution >= 0.6 is 34.2 Å². The zero-order valence-electron chi connectivity index (χ0n) is 11.1. The van der Waals surface area contributed by atoms with Gasteiger partial charge in [0.25, 0.3) is 0 Å². The van der Waals surface area contributed by atoms with Gasteiger partial charge in [-0.25, -0.2) is 0 Å². The van der Waals surface area contributed by atoms with Crippen molar-refractivity contribution >= 4 is 45.8 Å². The lowest BCUT2D eigenvalue weighted by atomic mass is 9.89. The topological polar surface area (TPSA) is 38.3 Å². The smallest absolute Gasteiger partial charge is 0.230 e. The number of anilines is 1. The fourth-order valence-corrected chi connectivity index (χ4v) is 3.53. The van der Waals surface area contributed by atoms with Crippen molar-refractivity contribution in [2.75, 3.05) is 5.32 Å². The molecule has 0 aliphatic carbocycles. The van der Waals surface area contributed by atoms with E-state index in [1.54, 1.807) is 6.07 Å². The van der Waals surface area contributed by atoms with Crippen molar-refractivity contribution in [1.29, 1.82) is 0 Å². The summed E-state index contributed by atoms with van der Waals surface area (Å²) in [6.07, 6.45) is 0.0741. The summed E-state index contributed by atoms with van der Waals surface area (Å²) in [7, 11) is 0. The van der Waals surface area contributed by atoms with E-state index in [-0.39, 0.29) is 30.0 Å². The molecule has 19 heavy (non-hydrogen) atoms. The highest BCUT2D eigenvalue weighted by Gasteiger charge is 2.41. The zero-order valence-corrected chi connectivity index (χ0v) is 14.0. The number of amides is 1. The Kier molecular flexibility index (Phi) is 4.74. The lowest BCUT2D eigenvalue weighted by Gasteiger charge is -2.18. The second-order valence-electron chi connectivity index (χ2n) is 5.04. The van der Waals surface area contributed by atoms with Crippen LogP contribution in [-0.4, -0.2) is 18.1 Å². The maximum absolute atomic E-state index is 12.4. The van der Waals surface area contributed by atoms with Crippen LogP contribution in [0.4, 0.5) is 5.69 Å². The summed E-state index contributed by atoms with van der Waals surface area (Å²) in [4.78, 5) is 12.4. The molecule has 1 fully saturated rings. The Bertz CT molecular complexity index is 494. The van der Waals surface area contributed by atoms with E-state index in [2.05, 4.69) is 34.8 Å². The molecular weight excluding hydrogens is 377 g/mol. The number of ether oxygens (including phenoxy) is 1. The molecule has 1 aromatic rings. The van der Waals surface area contributed by atoms with Gasteiger partial charge in [0.1, 0.15) is 0 Å². The lowest BCUT2D eigenvalue weighted by molar-refractivity contribution is -0.121. The lowest BCUT2D eigenvalue weighted by Crippen LogP contribution is -2.32. The molecule has 1 aliphatic rings. The van der Waals surface area contributed by atoms with Crippen molar-refractivity contribution in [3.05, 3.63) is 26.8 Å². The predicted molar refractivity (Wildman–Crippen MR) is 85.5 cm³/mol. The number of benzene rings is 1. The zero-order chi connectivity index (χ0) is 14.2. The summed E-state index contributed by atoms with van der Waals surface area (Å²) in [6.45, 7) is 6.03. The van der Waals surface area contributed by atoms with Crippen molar-refractivity contribution in [2.24, 2.45) is 11.8 Å². The van der Waals surface area contributed by atoms with Crippen LogP contribution in [0.3, 0.4) is 0 Å². The van der Waals surface area contributed by atoms with Gasteiger partial charge in [-0.3, -0.25) is 4.79 Å². The maximum atomic E-state index is 12.4. The van der Waals surface area contributed by atoms with E-state index in [1.165, 1.54) is 0 Å². The van der Waals surface area contributed by atoms with Gasteiger partial charge in [-0.2, -0.15) is 0 Å². The van der Waals surface area contributed by atoms with E-state index in [4.69, 9.17) is 16.3 Å². The van der Waals surface area contributed by atoms with Crippen LogP contribution in [-0.2, 0) is 9.53 Å². The molecule has 0 radical (unpaired) electrons. The summed E-state index contributed by atoms with van der Waals surface area (Å²) < 4.78 is 6.65. The third kappa shape index (κ3) is 3.23. The van der Waals surface area contributed by atoms with Crippen molar-refractivity contribution in [1.82, 2.24) is 0 Å². The Morgan fingerprint density at radius 2 is 2.00 bits per heavy atom. The highest BCUT2D eigenvalue weighted by Crippen LogP contribution is 2.33. The third-order valence-corrected chi connectivity index (χ3v) is 4.86. The molecule has 1 N–H and O–H groups in total. The monoisotopic (exact) mass is 393 g/mol. The normalized spacial score (nSPS) is 30.4. The number of carbonyl (C=O) groups excluding carboxylic acids is 1. The molecule has 4 unspecified atom stereocenters. The first-order chi connectivity index (χ1) is 8.90. The molecule has 1 aliphatic heterocycles. The standard InChI is InChI=1S/C14H17ClINO2/c1-7-8(2)19-9(3)13(7)14(18)17-12-5-4-10(15)6-11(12)16/h4-9,13H,1-3H3,(H,17,18). The first kappa shape index (κ1) is 15.1. The van der Waals surface area contributed by atoms with Gasteiger partial charge in [0.05, 0.1) is 23.8 Å². The Hall–Kier alpha value is -0.330. The van der Waals surface area contributed by atoms with Crippen LogP contribution in [0.15, 0.2) is 18.2 Å². The quantitative estimate of drug-likeness (QED) is 0.773. The average Bonchev–Trinajstić information content (AvgIpc) is 2.57. The Morgan fingerprint density at radius 1 is 1.32 bits per heavy atom. The molecular formula is C14H17ClINO2. The molecule has 3 nitrogen and oxygen atoms in total. The molecule has 5 heteroatoms. The largest absolute Gasteiger partial charge is 0.374 e. The van der Waals surface area contributed by atoms with Crippen LogP contribution in [0, 0.1) is 15.4 Å². The van der Waals surface area contributed by atoms with Gasteiger partial charge in [0.2, 0.25) is 5.91 Å². The van der Waals surface area contributed by atoms with Gasteiger partial charge < -0.3 is 10.1 Å². The molecule has 104 valence electrons. The number of rotatable bonds is 2. The summed E-state index contributed by atoms with van der Waals surface area (Å²) in [6, 6.07) is 5.44. The summed E-state index contributed by atoms with van der Waals surface area (Å²) in [5, 5.41) is 3.64. The average molecular weight is 394 g/mol. The van der Waals surface area contributed by atoms with Gasteiger partial charge in [0.15, 0.2) is 0 Å². The van der Waals surface area contributed by atoms with E-state index in [9.17, 15) is 4.79 Å².